The summed E-state index contributed by atoms with van der Waals surface area (Å²) in [5, 5.41) is 11.5. The molecule has 4 rings (SSSR count). The van der Waals surface area contributed by atoms with Crippen molar-refractivity contribution >= 4 is 5.91 Å². The molecule has 9 nitrogen and oxygen atoms in total. The quantitative estimate of drug-likeness (QED) is 0.374. The van der Waals surface area contributed by atoms with Crippen molar-refractivity contribution in [1.29, 1.82) is 0 Å². The lowest BCUT2D eigenvalue weighted by Crippen LogP contribution is -2.51. The van der Waals surface area contributed by atoms with Crippen molar-refractivity contribution in [2.24, 2.45) is 0 Å². The van der Waals surface area contributed by atoms with Crippen molar-refractivity contribution in [2.75, 3.05) is 46.5 Å². The molecule has 0 saturated carbocycles. The topological polar surface area (TPSA) is 89.3 Å². The van der Waals surface area contributed by atoms with Gasteiger partial charge in [0.2, 0.25) is 5.91 Å². The molecule has 210 valence electrons. The van der Waals surface area contributed by atoms with Gasteiger partial charge < -0.3 is 28.8 Å². The number of halogens is 1. The number of imidazole rings is 1. The molecule has 0 radical (unpaired) electrons. The zero-order chi connectivity index (χ0) is 27.8. The fourth-order valence-corrected chi connectivity index (χ4v) is 4.73. The number of aryl methyl sites for hydroxylation is 2. The fraction of sp³-hybridized carbons (Fsp3) is 0.448. The van der Waals surface area contributed by atoms with Crippen LogP contribution in [0.1, 0.15) is 24.7 Å². The Labute approximate surface area is 228 Å². The Hall–Kier alpha value is -3.63. The number of β-amino-alcohol motifs (C(OH)–C–C–N with tert-alkyl or cyclic N) is 1. The summed E-state index contributed by atoms with van der Waals surface area (Å²) in [7, 11) is 1.61. The number of carbonyl (C=O) groups excluding carboxylic acids is 1. The molecule has 0 bridgehead atoms. The van der Waals surface area contributed by atoms with Gasteiger partial charge in [-0.25, -0.2) is 9.37 Å². The normalized spacial score (nSPS) is 18.0. The van der Waals surface area contributed by atoms with Crippen LogP contribution in [0.15, 0.2) is 54.9 Å². The Bertz CT molecular complexity index is 1230. The molecule has 10 heteroatoms. The molecule has 2 aromatic carbocycles. The molecule has 3 aromatic rings. The van der Waals surface area contributed by atoms with Gasteiger partial charge in [0, 0.05) is 52.0 Å². The third-order valence-corrected chi connectivity index (χ3v) is 6.81. The second-order valence-corrected chi connectivity index (χ2v) is 9.97. The van der Waals surface area contributed by atoms with Crippen molar-refractivity contribution in [3.8, 4) is 17.2 Å². The van der Waals surface area contributed by atoms with Gasteiger partial charge in [-0.3, -0.25) is 9.69 Å². The first-order valence-electron chi connectivity index (χ1n) is 13.1. The van der Waals surface area contributed by atoms with Gasteiger partial charge in [-0.1, -0.05) is 6.07 Å². The van der Waals surface area contributed by atoms with E-state index < -0.39 is 5.60 Å². The van der Waals surface area contributed by atoms with Crippen molar-refractivity contribution in [1.82, 2.24) is 19.4 Å². The molecule has 1 aromatic heterocycles. The molecule has 0 aliphatic carbocycles. The Morgan fingerprint density at radius 1 is 1.10 bits per heavy atom. The summed E-state index contributed by atoms with van der Waals surface area (Å²) >= 11 is 0. The van der Waals surface area contributed by atoms with E-state index in [-0.39, 0.29) is 24.9 Å². The molecule has 0 unspecified atom stereocenters. The zero-order valence-corrected chi connectivity index (χ0v) is 22.8. The molecule has 1 fully saturated rings. The monoisotopic (exact) mass is 540 g/mol. The predicted octanol–water partition coefficient (Wildman–Crippen LogP) is 3.28. The lowest BCUT2D eigenvalue weighted by Gasteiger charge is -2.32. The Kier molecular flexibility index (Phi) is 9.42. The zero-order valence-electron chi connectivity index (χ0n) is 22.8. The summed E-state index contributed by atoms with van der Waals surface area (Å²) in [6.45, 7) is 6.83. The van der Waals surface area contributed by atoms with Crippen molar-refractivity contribution in [3.63, 3.8) is 0 Å². The smallest absolute Gasteiger partial charge is 0.219 e. The van der Waals surface area contributed by atoms with Crippen LogP contribution in [0, 0.1) is 12.7 Å². The van der Waals surface area contributed by atoms with E-state index in [9.17, 15) is 14.3 Å². The Morgan fingerprint density at radius 2 is 1.90 bits per heavy atom. The minimum atomic E-state index is -1.31. The van der Waals surface area contributed by atoms with Gasteiger partial charge in [-0.2, -0.15) is 0 Å². The first-order valence-corrected chi connectivity index (χ1v) is 13.1. The van der Waals surface area contributed by atoms with E-state index in [4.69, 9.17) is 14.2 Å². The summed E-state index contributed by atoms with van der Waals surface area (Å²) in [6, 6.07) is 11.5. The summed E-state index contributed by atoms with van der Waals surface area (Å²) in [4.78, 5) is 20.2. The number of amides is 1. The number of ether oxygens (including phenoxy) is 3. The average molecular weight is 541 g/mol. The molecular formula is C29H37FN4O5. The van der Waals surface area contributed by atoms with Crippen LogP contribution in [0.25, 0.3) is 0 Å². The SMILES string of the molecule is COc1ccc(CN2CCN(C(C)=O)C[C@](O)(COc3ccc(F)cc3)C2)cc1OCCCn1ccnc1C. The number of nitrogens with zero attached hydrogens (tertiary/aromatic N) is 4. The van der Waals surface area contributed by atoms with Crippen LogP contribution in [-0.4, -0.2) is 82.5 Å². The highest BCUT2D eigenvalue weighted by Gasteiger charge is 2.37. The van der Waals surface area contributed by atoms with Gasteiger partial charge in [0.1, 0.15) is 29.6 Å². The molecule has 39 heavy (non-hydrogen) atoms. The number of hydrogen-bond acceptors (Lipinski definition) is 7. The lowest BCUT2D eigenvalue weighted by atomic mass is 10.0. The van der Waals surface area contributed by atoms with E-state index in [2.05, 4.69) is 14.5 Å². The van der Waals surface area contributed by atoms with E-state index in [1.165, 1.54) is 31.2 Å². The maximum absolute atomic E-state index is 13.3. The first-order chi connectivity index (χ1) is 18.7. The van der Waals surface area contributed by atoms with Crippen LogP contribution in [0.4, 0.5) is 4.39 Å². The van der Waals surface area contributed by atoms with Crippen LogP contribution in [-0.2, 0) is 17.9 Å². The van der Waals surface area contributed by atoms with Crippen LogP contribution in [0.2, 0.25) is 0 Å². The van der Waals surface area contributed by atoms with Crippen molar-refractivity contribution in [2.45, 2.75) is 39.0 Å². The second-order valence-electron chi connectivity index (χ2n) is 9.97. The fourth-order valence-electron chi connectivity index (χ4n) is 4.73. The molecule has 1 amide bonds. The van der Waals surface area contributed by atoms with Crippen molar-refractivity contribution < 1.29 is 28.5 Å². The molecule has 1 aliphatic heterocycles. The van der Waals surface area contributed by atoms with Gasteiger partial charge in [-0.15, -0.1) is 0 Å². The highest BCUT2D eigenvalue weighted by atomic mass is 19.1. The number of carbonyl (C=O) groups is 1. The molecule has 1 N–H and O–H groups in total. The predicted molar refractivity (Wildman–Crippen MR) is 144 cm³/mol. The standard InChI is InChI=1S/C29H37FN4O5/c1-22-31-11-13-33(22)12-4-16-38-28-17-24(5-10-27(28)37-3)18-32-14-15-34(23(2)35)20-29(36,19-32)21-39-26-8-6-25(30)7-9-26/h5-11,13,17,36H,4,12,14-16,18-21H2,1-3H3/t29-/m0/s1. The lowest BCUT2D eigenvalue weighted by molar-refractivity contribution is -0.132. The molecule has 1 saturated heterocycles. The summed E-state index contributed by atoms with van der Waals surface area (Å²) in [5.41, 5.74) is -0.317. The molecule has 0 spiro atoms. The van der Waals surface area contributed by atoms with Crippen LogP contribution < -0.4 is 14.2 Å². The summed E-state index contributed by atoms with van der Waals surface area (Å²) < 4.78 is 32.7. The first kappa shape index (κ1) is 28.4. The van der Waals surface area contributed by atoms with E-state index in [0.717, 1.165) is 24.4 Å². The number of methoxy groups -OCH3 is 1. The molecule has 1 aliphatic rings. The minimum absolute atomic E-state index is 0.0354. The largest absolute Gasteiger partial charge is 0.493 e. The maximum atomic E-state index is 13.3. The highest BCUT2D eigenvalue weighted by molar-refractivity contribution is 5.73. The molecule has 1 atom stereocenters. The minimum Gasteiger partial charge on any atom is -0.493 e. The van der Waals surface area contributed by atoms with E-state index in [0.29, 0.717) is 50.0 Å². The maximum Gasteiger partial charge on any atom is 0.219 e. The van der Waals surface area contributed by atoms with Crippen LogP contribution in [0.5, 0.6) is 17.2 Å². The summed E-state index contributed by atoms with van der Waals surface area (Å²) in [5.74, 6) is 2.27. The highest BCUT2D eigenvalue weighted by Crippen LogP contribution is 2.29. The van der Waals surface area contributed by atoms with Crippen molar-refractivity contribution in [3.05, 3.63) is 72.1 Å². The van der Waals surface area contributed by atoms with Gasteiger partial charge in [0.15, 0.2) is 11.5 Å². The third-order valence-electron chi connectivity index (χ3n) is 6.81. The Morgan fingerprint density at radius 3 is 2.59 bits per heavy atom. The van der Waals surface area contributed by atoms with Gasteiger partial charge in [0.05, 0.1) is 20.3 Å². The summed E-state index contributed by atoms with van der Waals surface area (Å²) in [6.07, 6.45) is 4.56. The third kappa shape index (κ3) is 7.93. The average Bonchev–Trinajstić information content (AvgIpc) is 3.24. The number of rotatable bonds is 11. The van der Waals surface area contributed by atoms with E-state index in [1.54, 1.807) is 18.2 Å². The van der Waals surface area contributed by atoms with E-state index in [1.807, 2.05) is 31.3 Å². The number of benzene rings is 2. The van der Waals surface area contributed by atoms with Gasteiger partial charge in [-0.05, 0) is 55.3 Å². The number of aliphatic hydroxyl groups is 1. The number of aromatic nitrogens is 2. The van der Waals surface area contributed by atoms with Gasteiger partial charge >= 0.3 is 0 Å². The van der Waals surface area contributed by atoms with Crippen LogP contribution in [0.3, 0.4) is 0 Å². The molecular weight excluding hydrogens is 503 g/mol. The van der Waals surface area contributed by atoms with E-state index >= 15 is 0 Å². The van der Waals surface area contributed by atoms with Crippen LogP contribution >= 0.6 is 0 Å². The van der Waals surface area contributed by atoms with Gasteiger partial charge in [0.25, 0.3) is 0 Å². The molecule has 2 heterocycles. The second kappa shape index (κ2) is 12.9. The Balaban J connectivity index is 1.41. The number of hydrogen-bond donors (Lipinski definition) is 1.